The molecule has 0 aromatic heterocycles. The van der Waals surface area contributed by atoms with Crippen molar-refractivity contribution in [3.63, 3.8) is 0 Å². The number of hydrogen-bond acceptors (Lipinski definition) is 2. The van der Waals surface area contributed by atoms with Gasteiger partial charge in [0, 0.05) is 13.2 Å². The van der Waals surface area contributed by atoms with Crippen LogP contribution < -0.4 is 0 Å². The van der Waals surface area contributed by atoms with E-state index in [9.17, 15) is 0 Å². The highest BCUT2D eigenvalue weighted by Gasteiger charge is 1.95. The van der Waals surface area contributed by atoms with E-state index in [0.29, 0.717) is 0 Å². The third-order valence-corrected chi connectivity index (χ3v) is 4.86. The molecule has 0 amide bonds. The van der Waals surface area contributed by atoms with Crippen LogP contribution in [0.25, 0.3) is 0 Å². The SMILES string of the molecule is CCCCCCCCCCCCCCCCCCOCCOCCC. The van der Waals surface area contributed by atoms with E-state index >= 15 is 0 Å². The third kappa shape index (κ3) is 23.9. The Labute approximate surface area is 159 Å². The molecule has 0 fully saturated rings. The molecule has 0 spiro atoms. The van der Waals surface area contributed by atoms with E-state index < -0.39 is 0 Å². The molecule has 152 valence electrons. The van der Waals surface area contributed by atoms with E-state index in [0.717, 1.165) is 32.8 Å². The topological polar surface area (TPSA) is 18.5 Å². The van der Waals surface area contributed by atoms with Gasteiger partial charge in [-0.25, -0.2) is 0 Å². The van der Waals surface area contributed by atoms with Crippen molar-refractivity contribution in [1.29, 1.82) is 0 Å². The van der Waals surface area contributed by atoms with Gasteiger partial charge in [0.15, 0.2) is 0 Å². The fourth-order valence-electron chi connectivity index (χ4n) is 3.22. The molecule has 0 aliphatic rings. The van der Waals surface area contributed by atoms with Crippen LogP contribution in [-0.4, -0.2) is 26.4 Å². The first-order valence-corrected chi connectivity index (χ1v) is 11.6. The molecule has 0 aliphatic carbocycles. The fourth-order valence-corrected chi connectivity index (χ4v) is 3.22. The molecule has 0 bridgehead atoms. The summed E-state index contributed by atoms with van der Waals surface area (Å²) < 4.78 is 11.0. The van der Waals surface area contributed by atoms with Gasteiger partial charge in [-0.15, -0.1) is 0 Å². The van der Waals surface area contributed by atoms with E-state index in [1.54, 1.807) is 0 Å². The van der Waals surface area contributed by atoms with E-state index in [1.807, 2.05) is 0 Å². The van der Waals surface area contributed by atoms with Gasteiger partial charge in [-0.1, -0.05) is 110 Å². The molecular weight excluding hydrogens is 308 g/mol. The molecule has 0 saturated heterocycles. The Balaban J connectivity index is 2.94. The van der Waals surface area contributed by atoms with Gasteiger partial charge >= 0.3 is 0 Å². The standard InChI is InChI=1S/C23H48O2/c1-3-5-6-7-8-9-10-11-12-13-14-15-16-17-18-19-21-25-23-22-24-20-4-2/h3-23H2,1-2H3. The zero-order valence-corrected chi connectivity index (χ0v) is 17.7. The lowest BCUT2D eigenvalue weighted by atomic mass is 10.0. The van der Waals surface area contributed by atoms with Crippen molar-refractivity contribution in [1.82, 2.24) is 0 Å². The van der Waals surface area contributed by atoms with Crippen molar-refractivity contribution in [3.8, 4) is 0 Å². The lowest BCUT2D eigenvalue weighted by molar-refractivity contribution is 0.0465. The van der Waals surface area contributed by atoms with Gasteiger partial charge in [-0.3, -0.25) is 0 Å². The summed E-state index contributed by atoms with van der Waals surface area (Å²) in [4.78, 5) is 0. The number of rotatable bonds is 22. The predicted molar refractivity (Wildman–Crippen MR) is 111 cm³/mol. The van der Waals surface area contributed by atoms with Gasteiger partial charge in [0.25, 0.3) is 0 Å². The molecule has 2 heteroatoms. The summed E-state index contributed by atoms with van der Waals surface area (Å²) in [7, 11) is 0. The van der Waals surface area contributed by atoms with Gasteiger partial charge in [0.05, 0.1) is 13.2 Å². The molecule has 0 saturated carbocycles. The summed E-state index contributed by atoms with van der Waals surface area (Å²) in [6.07, 6.45) is 23.8. The molecule has 0 N–H and O–H groups in total. The molecule has 0 atom stereocenters. The first-order valence-electron chi connectivity index (χ1n) is 11.6. The van der Waals surface area contributed by atoms with Crippen LogP contribution in [0, 0.1) is 0 Å². The van der Waals surface area contributed by atoms with Gasteiger partial charge < -0.3 is 9.47 Å². The quantitative estimate of drug-likeness (QED) is 0.185. The maximum Gasteiger partial charge on any atom is 0.0700 e. The maximum atomic E-state index is 5.57. The van der Waals surface area contributed by atoms with Crippen molar-refractivity contribution in [2.45, 2.75) is 123 Å². The summed E-state index contributed by atoms with van der Waals surface area (Å²) in [6, 6.07) is 0. The van der Waals surface area contributed by atoms with Crippen LogP contribution in [0.2, 0.25) is 0 Å². The number of hydrogen-bond donors (Lipinski definition) is 0. The lowest BCUT2D eigenvalue weighted by Gasteiger charge is -2.05. The highest BCUT2D eigenvalue weighted by Crippen LogP contribution is 2.13. The molecule has 0 radical (unpaired) electrons. The largest absolute Gasteiger partial charge is 0.379 e. The molecule has 0 rings (SSSR count). The summed E-state index contributed by atoms with van der Waals surface area (Å²) in [6.45, 7) is 7.72. The normalized spacial score (nSPS) is 11.3. The van der Waals surface area contributed by atoms with Crippen LogP contribution in [0.3, 0.4) is 0 Å². The summed E-state index contributed by atoms with van der Waals surface area (Å²) in [5, 5.41) is 0. The Hall–Kier alpha value is -0.0800. The highest BCUT2D eigenvalue weighted by molar-refractivity contribution is 4.50. The average Bonchev–Trinajstić information content (AvgIpc) is 2.63. The maximum absolute atomic E-state index is 5.57. The Morgan fingerprint density at radius 3 is 1.08 bits per heavy atom. The second kappa shape index (κ2) is 23.9. The average molecular weight is 357 g/mol. The Morgan fingerprint density at radius 1 is 0.320 bits per heavy atom. The number of unbranched alkanes of at least 4 members (excludes halogenated alkanes) is 15. The minimum Gasteiger partial charge on any atom is -0.379 e. The smallest absolute Gasteiger partial charge is 0.0700 e. The van der Waals surface area contributed by atoms with Crippen LogP contribution in [-0.2, 0) is 9.47 Å². The first-order chi connectivity index (χ1) is 12.4. The van der Waals surface area contributed by atoms with E-state index in [-0.39, 0.29) is 0 Å². The monoisotopic (exact) mass is 356 g/mol. The van der Waals surface area contributed by atoms with Crippen LogP contribution in [0.1, 0.15) is 123 Å². The highest BCUT2D eigenvalue weighted by atomic mass is 16.5. The van der Waals surface area contributed by atoms with Gasteiger partial charge in [0.1, 0.15) is 0 Å². The first kappa shape index (κ1) is 24.9. The minimum absolute atomic E-state index is 0.757. The molecule has 0 aliphatic heterocycles. The second-order valence-corrected chi connectivity index (χ2v) is 7.53. The Bertz CT molecular complexity index is 196. The van der Waals surface area contributed by atoms with Crippen molar-refractivity contribution in [2.24, 2.45) is 0 Å². The van der Waals surface area contributed by atoms with E-state index in [2.05, 4.69) is 13.8 Å². The molecular formula is C23H48O2. The molecule has 0 aromatic rings. The second-order valence-electron chi connectivity index (χ2n) is 7.53. The third-order valence-electron chi connectivity index (χ3n) is 4.86. The molecule has 0 aromatic carbocycles. The van der Waals surface area contributed by atoms with E-state index in [1.165, 1.54) is 103 Å². The zero-order chi connectivity index (χ0) is 18.3. The van der Waals surface area contributed by atoms with Crippen molar-refractivity contribution >= 4 is 0 Å². The minimum atomic E-state index is 0.757. The molecule has 0 heterocycles. The lowest BCUT2D eigenvalue weighted by Crippen LogP contribution is -2.05. The molecule has 2 nitrogen and oxygen atoms in total. The fraction of sp³-hybridized carbons (Fsp3) is 1.00. The zero-order valence-electron chi connectivity index (χ0n) is 17.7. The van der Waals surface area contributed by atoms with Gasteiger partial charge in [-0.05, 0) is 12.8 Å². The van der Waals surface area contributed by atoms with Crippen molar-refractivity contribution in [3.05, 3.63) is 0 Å². The van der Waals surface area contributed by atoms with Crippen LogP contribution in [0.5, 0.6) is 0 Å². The summed E-state index contributed by atoms with van der Waals surface area (Å²) in [5.74, 6) is 0. The van der Waals surface area contributed by atoms with Crippen LogP contribution in [0.15, 0.2) is 0 Å². The molecule has 0 unspecified atom stereocenters. The molecule has 25 heavy (non-hydrogen) atoms. The van der Waals surface area contributed by atoms with Gasteiger partial charge in [-0.2, -0.15) is 0 Å². The Kier molecular flexibility index (Phi) is 23.8. The predicted octanol–water partition coefficient (Wildman–Crippen LogP) is 7.69. The van der Waals surface area contributed by atoms with Crippen LogP contribution in [0.4, 0.5) is 0 Å². The number of ether oxygens (including phenoxy) is 2. The summed E-state index contributed by atoms with van der Waals surface area (Å²) >= 11 is 0. The van der Waals surface area contributed by atoms with Crippen molar-refractivity contribution < 1.29 is 9.47 Å². The van der Waals surface area contributed by atoms with E-state index in [4.69, 9.17) is 9.47 Å². The van der Waals surface area contributed by atoms with Crippen LogP contribution >= 0.6 is 0 Å². The Morgan fingerprint density at radius 2 is 0.680 bits per heavy atom. The van der Waals surface area contributed by atoms with Crippen molar-refractivity contribution in [2.75, 3.05) is 26.4 Å². The summed E-state index contributed by atoms with van der Waals surface area (Å²) in [5.41, 5.74) is 0. The van der Waals surface area contributed by atoms with Gasteiger partial charge in [0.2, 0.25) is 0 Å².